The predicted molar refractivity (Wildman–Crippen MR) is 105 cm³/mol. The number of rotatable bonds is 5. The van der Waals surface area contributed by atoms with Gasteiger partial charge in [0.05, 0.1) is 12.4 Å². The van der Waals surface area contributed by atoms with E-state index in [1.165, 1.54) is 12.5 Å². The number of benzene rings is 1. The van der Waals surface area contributed by atoms with Gasteiger partial charge in [-0.25, -0.2) is 14.4 Å². The maximum Gasteiger partial charge on any atom is 0.229 e. The van der Waals surface area contributed by atoms with Crippen molar-refractivity contribution in [2.45, 2.75) is 19.4 Å². The lowest BCUT2D eigenvalue weighted by Gasteiger charge is -2.26. The molecule has 0 amide bonds. The molecular weight excluding hydrogens is 357 g/mol. The van der Waals surface area contributed by atoms with Gasteiger partial charge in [-0.1, -0.05) is 25.1 Å². The van der Waals surface area contributed by atoms with E-state index in [0.717, 1.165) is 17.7 Å². The van der Waals surface area contributed by atoms with Gasteiger partial charge in [0.1, 0.15) is 6.26 Å². The summed E-state index contributed by atoms with van der Waals surface area (Å²) >= 11 is 0. The minimum absolute atomic E-state index is 0.195. The van der Waals surface area contributed by atoms with Crippen LogP contribution in [0.3, 0.4) is 0 Å². The Labute approximate surface area is 161 Å². The first kappa shape index (κ1) is 16.9. The molecule has 6 nitrogen and oxygen atoms in total. The number of nitrogens with one attached hydrogen (secondary N) is 2. The lowest BCUT2D eigenvalue weighted by molar-refractivity contribution is 0.448. The number of hydrogen-bond donors (Lipinski definition) is 2. The summed E-state index contributed by atoms with van der Waals surface area (Å²) in [5.41, 5.74) is 1.60. The molecule has 2 aliphatic rings. The fourth-order valence-electron chi connectivity index (χ4n) is 4.22. The average molecular weight is 377 g/mol. The molecule has 0 aliphatic heterocycles. The van der Waals surface area contributed by atoms with Gasteiger partial charge in [-0.3, -0.25) is 0 Å². The zero-order valence-electron chi connectivity index (χ0n) is 15.3. The standard InChI is InChI=1S/C21H20FN5O/c1-12-13-5-6-14(9-13)18(12)26-19-17(22)11-24-21(27-19)25-16-4-2-3-15(10-16)20-23-7-8-28-20/h2-8,10-14,18H,9H2,1H3,(H2,24,25,26,27)/t12-,13+,14-,18-/m0/s1. The van der Waals surface area contributed by atoms with Crippen LogP contribution in [0.4, 0.5) is 21.8 Å². The first-order valence-electron chi connectivity index (χ1n) is 9.42. The molecular formula is C21H20FN5O. The second kappa shape index (κ2) is 6.74. The third-order valence-electron chi connectivity index (χ3n) is 5.70. The Bertz CT molecular complexity index is 1020. The number of allylic oxidation sites excluding steroid dienone is 1. The van der Waals surface area contributed by atoms with Crippen molar-refractivity contribution in [2.75, 3.05) is 10.6 Å². The Morgan fingerprint density at radius 1 is 1.18 bits per heavy atom. The minimum Gasteiger partial charge on any atom is -0.445 e. The molecule has 1 saturated carbocycles. The molecule has 5 rings (SSSR count). The molecule has 3 aromatic rings. The van der Waals surface area contributed by atoms with Crippen molar-refractivity contribution in [2.24, 2.45) is 17.8 Å². The van der Waals surface area contributed by atoms with E-state index in [4.69, 9.17) is 4.42 Å². The maximum atomic E-state index is 14.3. The summed E-state index contributed by atoms with van der Waals surface area (Å²) in [7, 11) is 0. The first-order valence-corrected chi connectivity index (χ1v) is 9.42. The Kier molecular flexibility index (Phi) is 4.07. The van der Waals surface area contributed by atoms with Crippen molar-refractivity contribution in [1.29, 1.82) is 0 Å². The van der Waals surface area contributed by atoms with Gasteiger partial charge < -0.3 is 15.1 Å². The summed E-state index contributed by atoms with van der Waals surface area (Å²) in [5, 5.41) is 6.44. The van der Waals surface area contributed by atoms with Crippen LogP contribution in [0.1, 0.15) is 13.3 Å². The normalized spacial score (nSPS) is 25.2. The highest BCUT2D eigenvalue weighted by molar-refractivity contribution is 5.64. The van der Waals surface area contributed by atoms with Crippen LogP contribution >= 0.6 is 0 Å². The first-order chi connectivity index (χ1) is 13.7. The van der Waals surface area contributed by atoms with Crippen molar-refractivity contribution in [1.82, 2.24) is 15.0 Å². The third kappa shape index (κ3) is 3.02. The number of nitrogens with zero attached hydrogens (tertiary/aromatic N) is 3. The number of anilines is 3. The third-order valence-corrected chi connectivity index (χ3v) is 5.70. The Morgan fingerprint density at radius 3 is 2.86 bits per heavy atom. The zero-order valence-corrected chi connectivity index (χ0v) is 15.3. The molecule has 0 radical (unpaired) electrons. The monoisotopic (exact) mass is 377 g/mol. The van der Waals surface area contributed by atoms with Gasteiger partial charge >= 0.3 is 0 Å². The van der Waals surface area contributed by atoms with E-state index in [-0.39, 0.29) is 11.9 Å². The van der Waals surface area contributed by atoms with Crippen molar-refractivity contribution >= 4 is 17.5 Å². The minimum atomic E-state index is -0.446. The van der Waals surface area contributed by atoms with E-state index in [9.17, 15) is 4.39 Å². The van der Waals surface area contributed by atoms with Crippen molar-refractivity contribution < 1.29 is 8.81 Å². The van der Waals surface area contributed by atoms with Gasteiger partial charge in [0.15, 0.2) is 11.6 Å². The van der Waals surface area contributed by atoms with Crippen LogP contribution in [0.5, 0.6) is 0 Å². The highest BCUT2D eigenvalue weighted by Crippen LogP contribution is 2.44. The van der Waals surface area contributed by atoms with Crippen LogP contribution in [0.2, 0.25) is 0 Å². The Morgan fingerprint density at radius 2 is 2.07 bits per heavy atom. The van der Waals surface area contributed by atoms with Crippen LogP contribution in [0.15, 0.2) is 59.5 Å². The fourth-order valence-corrected chi connectivity index (χ4v) is 4.22. The highest BCUT2D eigenvalue weighted by atomic mass is 19.1. The van der Waals surface area contributed by atoms with Crippen LogP contribution < -0.4 is 10.6 Å². The summed E-state index contributed by atoms with van der Waals surface area (Å²) in [6.45, 7) is 2.21. The summed E-state index contributed by atoms with van der Waals surface area (Å²) in [6.07, 6.45) is 9.96. The highest BCUT2D eigenvalue weighted by Gasteiger charge is 2.42. The lowest BCUT2D eigenvalue weighted by atomic mass is 9.91. The van der Waals surface area contributed by atoms with E-state index >= 15 is 0 Å². The Hall–Kier alpha value is -3.22. The molecule has 2 aliphatic carbocycles. The van der Waals surface area contributed by atoms with Crippen molar-refractivity contribution in [3.8, 4) is 11.5 Å². The van der Waals surface area contributed by atoms with Gasteiger partial charge in [0.25, 0.3) is 0 Å². The molecule has 0 unspecified atom stereocenters. The van der Waals surface area contributed by atoms with E-state index in [1.54, 1.807) is 6.20 Å². The lowest BCUT2D eigenvalue weighted by Crippen LogP contribution is -2.32. The molecule has 2 aromatic heterocycles. The SMILES string of the molecule is C[C@@H]1[C@H](Nc2nc(Nc3cccc(-c4ncco4)c3)ncc2F)[C@H]2C=C[C@@H]1C2. The van der Waals surface area contributed by atoms with E-state index in [1.807, 2.05) is 24.3 Å². The molecule has 2 N–H and O–H groups in total. The number of fused-ring (bicyclic) bond motifs is 2. The van der Waals surface area contributed by atoms with Crippen LogP contribution in [0, 0.1) is 23.6 Å². The van der Waals surface area contributed by atoms with Crippen LogP contribution in [0.25, 0.3) is 11.5 Å². The van der Waals surface area contributed by atoms with Gasteiger partial charge in [-0.15, -0.1) is 0 Å². The summed E-state index contributed by atoms with van der Waals surface area (Å²) in [6, 6.07) is 7.75. The molecule has 0 spiro atoms. The second-order valence-corrected chi connectivity index (χ2v) is 7.41. The molecule has 7 heteroatoms. The van der Waals surface area contributed by atoms with E-state index in [2.05, 4.69) is 44.7 Å². The summed E-state index contributed by atoms with van der Waals surface area (Å²) < 4.78 is 19.7. The molecule has 0 saturated heterocycles. The molecule has 142 valence electrons. The quantitative estimate of drug-likeness (QED) is 0.631. The average Bonchev–Trinajstić information content (AvgIpc) is 3.44. The molecule has 2 heterocycles. The van der Waals surface area contributed by atoms with Gasteiger partial charge in [-0.2, -0.15) is 4.98 Å². The molecule has 4 atom stereocenters. The largest absolute Gasteiger partial charge is 0.445 e. The zero-order chi connectivity index (χ0) is 19.1. The van der Waals surface area contributed by atoms with Gasteiger partial charge in [-0.05, 0) is 42.4 Å². The molecule has 1 aromatic carbocycles. The number of hydrogen-bond acceptors (Lipinski definition) is 6. The van der Waals surface area contributed by atoms with Crippen molar-refractivity contribution in [3.05, 3.63) is 60.9 Å². The number of halogens is 1. The number of oxazole rings is 1. The predicted octanol–water partition coefficient (Wildman–Crippen LogP) is 4.64. The van der Waals surface area contributed by atoms with E-state index < -0.39 is 5.82 Å². The Balaban J connectivity index is 1.36. The van der Waals surface area contributed by atoms with Crippen molar-refractivity contribution in [3.63, 3.8) is 0 Å². The van der Waals surface area contributed by atoms with Crippen LogP contribution in [-0.4, -0.2) is 21.0 Å². The summed E-state index contributed by atoms with van der Waals surface area (Å²) in [5.74, 6) is 2.12. The maximum absolute atomic E-state index is 14.3. The topological polar surface area (TPSA) is 75.9 Å². The molecule has 2 bridgehead atoms. The number of aromatic nitrogens is 3. The molecule has 28 heavy (non-hydrogen) atoms. The second-order valence-electron chi connectivity index (χ2n) is 7.41. The molecule has 1 fully saturated rings. The van der Waals surface area contributed by atoms with Crippen LogP contribution in [-0.2, 0) is 0 Å². The fraction of sp³-hybridized carbons (Fsp3) is 0.286. The summed E-state index contributed by atoms with van der Waals surface area (Å²) in [4.78, 5) is 12.6. The van der Waals surface area contributed by atoms with Gasteiger partial charge in [0.2, 0.25) is 11.8 Å². The van der Waals surface area contributed by atoms with E-state index in [0.29, 0.717) is 29.6 Å². The smallest absolute Gasteiger partial charge is 0.229 e. The van der Waals surface area contributed by atoms with Gasteiger partial charge in [0, 0.05) is 17.3 Å².